The van der Waals surface area contributed by atoms with Crippen molar-refractivity contribution in [2.45, 2.75) is 6.92 Å². The second-order valence-corrected chi connectivity index (χ2v) is 6.66. The Labute approximate surface area is 157 Å². The molecule has 2 N–H and O–H groups in total. The number of hydrogen-bond acceptors (Lipinski definition) is 4. The van der Waals surface area contributed by atoms with Gasteiger partial charge in [-0.05, 0) is 31.2 Å². The lowest BCUT2D eigenvalue weighted by Gasteiger charge is -2.29. The number of anilines is 1. The maximum Gasteiger partial charge on any atom is 0.213 e. The second kappa shape index (κ2) is 7.72. The average Bonchev–Trinajstić information content (AvgIpc) is 3.09. The summed E-state index contributed by atoms with van der Waals surface area (Å²) in [5.41, 5.74) is 4.96. The molecule has 0 unspecified atom stereocenters. The van der Waals surface area contributed by atoms with Crippen molar-refractivity contribution in [1.29, 1.82) is 0 Å². The molecule has 2 aromatic heterocycles. The Hall–Kier alpha value is -2.99. The third-order valence-corrected chi connectivity index (χ3v) is 4.71. The molecule has 3 aromatic rings. The molecule has 0 amide bonds. The lowest BCUT2D eigenvalue weighted by molar-refractivity contribution is 0.589. The van der Waals surface area contributed by atoms with Gasteiger partial charge in [0, 0.05) is 37.4 Å². The fourth-order valence-electron chi connectivity index (χ4n) is 3.23. The third-order valence-electron chi connectivity index (χ3n) is 4.71. The van der Waals surface area contributed by atoms with Gasteiger partial charge >= 0.3 is 0 Å². The van der Waals surface area contributed by atoms with Gasteiger partial charge in [0.2, 0.25) is 5.95 Å². The first kappa shape index (κ1) is 17.4. The summed E-state index contributed by atoms with van der Waals surface area (Å²) in [7, 11) is 0. The molecule has 0 atom stereocenters. The highest BCUT2D eigenvalue weighted by atomic mass is 19.1. The minimum atomic E-state index is -0.546. The number of aryl methyl sites for hydroxylation is 1. The van der Waals surface area contributed by atoms with Crippen LogP contribution < -0.4 is 10.2 Å². The van der Waals surface area contributed by atoms with Crippen LogP contribution >= 0.6 is 0 Å². The Bertz CT molecular complexity index is 989. The van der Waals surface area contributed by atoms with Crippen LogP contribution in [0.3, 0.4) is 0 Å². The van der Waals surface area contributed by atoms with Crippen molar-refractivity contribution in [3.8, 4) is 11.3 Å². The van der Waals surface area contributed by atoms with E-state index in [1.807, 2.05) is 37.3 Å². The zero-order chi connectivity index (χ0) is 18.6. The van der Waals surface area contributed by atoms with Crippen molar-refractivity contribution in [3.63, 3.8) is 0 Å². The molecule has 27 heavy (non-hydrogen) atoms. The van der Waals surface area contributed by atoms with E-state index in [1.165, 1.54) is 11.8 Å². The highest BCUT2D eigenvalue weighted by molar-refractivity contribution is 5.89. The number of hydrogen-bond donors (Lipinski definition) is 2. The number of nitrogens with zero attached hydrogens (tertiary/aromatic N) is 3. The number of rotatable bonds is 2. The fourth-order valence-corrected chi connectivity index (χ4v) is 3.23. The Morgan fingerprint density at radius 2 is 1.74 bits per heavy atom. The predicted molar refractivity (Wildman–Crippen MR) is 107 cm³/mol. The molecular weight excluding hydrogens is 341 g/mol. The van der Waals surface area contributed by atoms with Crippen molar-refractivity contribution in [1.82, 2.24) is 20.5 Å². The Morgan fingerprint density at radius 3 is 2.52 bits per heavy atom. The molecule has 5 nitrogen and oxygen atoms in total. The Morgan fingerprint density at radius 1 is 0.963 bits per heavy atom. The number of fused-ring (bicyclic) bond motifs is 1. The van der Waals surface area contributed by atoms with Gasteiger partial charge in [-0.2, -0.15) is 9.49 Å². The van der Waals surface area contributed by atoms with E-state index in [-0.39, 0.29) is 0 Å². The van der Waals surface area contributed by atoms with Gasteiger partial charge in [-0.15, -0.1) is 0 Å². The van der Waals surface area contributed by atoms with Crippen LogP contribution in [0.2, 0.25) is 0 Å². The lowest BCUT2D eigenvalue weighted by atomic mass is 10.1. The van der Waals surface area contributed by atoms with Crippen LogP contribution in [0.15, 0.2) is 54.6 Å². The Kier molecular flexibility index (Phi) is 4.98. The van der Waals surface area contributed by atoms with E-state index in [9.17, 15) is 4.39 Å². The normalized spacial score (nSPS) is 14.2. The predicted octanol–water partition coefficient (Wildman–Crippen LogP) is 3.61. The molecule has 1 saturated heterocycles. The van der Waals surface area contributed by atoms with Crippen LogP contribution in [0, 0.1) is 12.9 Å². The van der Waals surface area contributed by atoms with Crippen LogP contribution in [-0.4, -0.2) is 41.4 Å². The van der Waals surface area contributed by atoms with E-state index in [2.05, 4.69) is 37.5 Å². The first-order valence-corrected chi connectivity index (χ1v) is 9.12. The highest BCUT2D eigenvalue weighted by Crippen LogP contribution is 2.26. The van der Waals surface area contributed by atoms with E-state index >= 15 is 0 Å². The number of aromatic amines is 1. The van der Waals surface area contributed by atoms with Gasteiger partial charge in [-0.1, -0.05) is 35.9 Å². The van der Waals surface area contributed by atoms with Gasteiger partial charge < -0.3 is 10.2 Å². The molecule has 0 saturated carbocycles. The number of H-pyrrole nitrogens is 1. The molecule has 3 heterocycles. The summed E-state index contributed by atoms with van der Waals surface area (Å²) >= 11 is 0. The summed E-state index contributed by atoms with van der Waals surface area (Å²) in [5.74, 6) is -0.546. The molecule has 0 aliphatic carbocycles. The molecule has 1 fully saturated rings. The molecule has 1 aliphatic heterocycles. The van der Waals surface area contributed by atoms with Crippen LogP contribution in [0.5, 0.6) is 0 Å². The van der Waals surface area contributed by atoms with Gasteiger partial charge in [0.05, 0.1) is 5.52 Å². The van der Waals surface area contributed by atoms with E-state index in [0.29, 0.717) is 16.7 Å². The van der Waals surface area contributed by atoms with E-state index in [1.54, 1.807) is 6.07 Å². The number of piperazine rings is 1. The van der Waals surface area contributed by atoms with E-state index < -0.39 is 5.95 Å². The van der Waals surface area contributed by atoms with Crippen molar-refractivity contribution in [2.75, 3.05) is 31.1 Å². The molecule has 0 radical (unpaired) electrons. The minimum absolute atomic E-state index is 0.512. The topological polar surface area (TPSA) is 56.8 Å². The first-order valence-electron chi connectivity index (χ1n) is 9.12. The largest absolute Gasteiger partial charge is 0.369 e. The summed E-state index contributed by atoms with van der Waals surface area (Å²) in [4.78, 5) is 6.50. The van der Waals surface area contributed by atoms with Gasteiger partial charge in [-0.3, -0.25) is 5.10 Å². The SMILES string of the molecule is Cc1cccc(F)nc2c(-c3ccc(N4CCNCC4)cc3)n[nH]c2cc1. The molecule has 1 aromatic carbocycles. The molecule has 6 heteroatoms. The van der Waals surface area contributed by atoms with Crippen molar-refractivity contribution in [3.05, 3.63) is 66.1 Å². The van der Waals surface area contributed by atoms with Crippen molar-refractivity contribution in [2.24, 2.45) is 0 Å². The smallest absolute Gasteiger partial charge is 0.213 e. The van der Waals surface area contributed by atoms with Gasteiger partial charge in [-0.25, -0.2) is 4.98 Å². The summed E-state index contributed by atoms with van der Waals surface area (Å²) in [6.07, 6.45) is 0. The molecule has 1 aliphatic rings. The first-order chi connectivity index (χ1) is 13.2. The average molecular weight is 363 g/mol. The summed E-state index contributed by atoms with van der Waals surface area (Å²) in [6, 6.07) is 16.9. The fraction of sp³-hybridized carbons (Fsp3) is 0.238. The summed E-state index contributed by atoms with van der Waals surface area (Å²) in [5, 5.41) is 10.7. The number of nitrogens with one attached hydrogen (secondary N) is 2. The summed E-state index contributed by atoms with van der Waals surface area (Å²) < 4.78 is 14.2. The van der Waals surface area contributed by atoms with Crippen molar-refractivity contribution < 1.29 is 4.39 Å². The third kappa shape index (κ3) is 3.90. The van der Waals surface area contributed by atoms with E-state index in [4.69, 9.17) is 0 Å². The van der Waals surface area contributed by atoms with Crippen LogP contribution in [0.4, 0.5) is 10.1 Å². The van der Waals surface area contributed by atoms with Crippen LogP contribution in [0.25, 0.3) is 22.3 Å². The summed E-state index contributed by atoms with van der Waals surface area (Å²) in [6.45, 7) is 5.95. The molecule has 0 spiro atoms. The zero-order valence-corrected chi connectivity index (χ0v) is 15.2. The number of benzene rings is 1. The van der Waals surface area contributed by atoms with Crippen LogP contribution in [0.1, 0.15) is 5.56 Å². The maximum absolute atomic E-state index is 14.2. The van der Waals surface area contributed by atoms with E-state index in [0.717, 1.165) is 37.3 Å². The zero-order valence-electron chi connectivity index (χ0n) is 15.2. The minimum Gasteiger partial charge on any atom is -0.369 e. The lowest BCUT2D eigenvalue weighted by Crippen LogP contribution is -2.43. The van der Waals surface area contributed by atoms with Crippen LogP contribution in [-0.2, 0) is 0 Å². The monoisotopic (exact) mass is 363 g/mol. The second-order valence-electron chi connectivity index (χ2n) is 6.66. The molecule has 0 bridgehead atoms. The molecular formula is C21H22FN5. The molecule has 138 valence electrons. The van der Waals surface area contributed by atoms with Gasteiger partial charge in [0.25, 0.3) is 0 Å². The highest BCUT2D eigenvalue weighted by Gasteiger charge is 2.12. The van der Waals surface area contributed by atoms with Gasteiger partial charge in [0.15, 0.2) is 0 Å². The Balaban J connectivity index is 1.77. The van der Waals surface area contributed by atoms with Crippen molar-refractivity contribution >= 4 is 16.7 Å². The number of halogens is 1. The standard InChI is InChI=1S/C21H22FN5/c1-15-3-2-4-19(22)24-21-18(10-5-15)25-26-20(21)16-6-8-17(9-7-16)27-13-11-23-12-14-27/h2-10,23H,11-14H2,1H3,(H,25,26). The van der Waals surface area contributed by atoms with Gasteiger partial charge in [0.1, 0.15) is 11.2 Å². The molecule has 4 rings (SSSR count). The number of aromatic nitrogens is 3. The quantitative estimate of drug-likeness (QED) is 0.730. The maximum atomic E-state index is 14.2.